The Kier molecular flexibility index (Phi) is 9.19. The van der Waals surface area contributed by atoms with Gasteiger partial charge >= 0.3 is 6.09 Å². The minimum absolute atomic E-state index is 0.0622. The number of ether oxygens (including phenoxy) is 2. The number of nitrogens with zero attached hydrogens (tertiary/aromatic N) is 3. The summed E-state index contributed by atoms with van der Waals surface area (Å²) in [5.41, 5.74) is 9.85. The molecule has 40 heavy (non-hydrogen) atoms. The average molecular weight is 550 g/mol. The van der Waals surface area contributed by atoms with Crippen molar-refractivity contribution in [2.75, 3.05) is 13.1 Å². The van der Waals surface area contributed by atoms with Crippen LogP contribution in [0.1, 0.15) is 84.6 Å². The predicted octanol–water partition coefficient (Wildman–Crippen LogP) is 5.09. The van der Waals surface area contributed by atoms with Gasteiger partial charge in [0.1, 0.15) is 5.60 Å². The minimum atomic E-state index is -1.01. The fourth-order valence-electron chi connectivity index (χ4n) is 5.49. The fourth-order valence-corrected chi connectivity index (χ4v) is 5.49. The number of aliphatic imine (C=N–C) groups is 1. The molecule has 9 nitrogen and oxygen atoms in total. The fraction of sp³-hybridized carbons (Fsp3) is 0.613. The lowest BCUT2D eigenvalue weighted by Gasteiger charge is -2.39. The van der Waals surface area contributed by atoms with Gasteiger partial charge in [0.15, 0.2) is 6.10 Å². The number of hydrogen-bond donors (Lipinski definition) is 2. The highest BCUT2D eigenvalue weighted by atomic mass is 16.6. The lowest BCUT2D eigenvalue weighted by Crippen LogP contribution is -2.53. The van der Waals surface area contributed by atoms with Gasteiger partial charge in [-0.05, 0) is 70.1 Å². The highest BCUT2D eigenvalue weighted by Crippen LogP contribution is 2.37. The number of fused-ring (bicyclic) bond motifs is 1. The molecule has 2 heterocycles. The van der Waals surface area contributed by atoms with Crippen molar-refractivity contribution >= 4 is 23.4 Å². The second-order valence-corrected chi connectivity index (χ2v) is 11.8. The summed E-state index contributed by atoms with van der Waals surface area (Å²) in [6.45, 7) is 10.0. The Balaban J connectivity index is 0.00000181. The van der Waals surface area contributed by atoms with E-state index in [2.05, 4.69) is 23.5 Å². The van der Waals surface area contributed by atoms with Crippen LogP contribution >= 0.6 is 0 Å². The Morgan fingerprint density at radius 1 is 1.18 bits per heavy atom. The van der Waals surface area contributed by atoms with E-state index in [1.165, 1.54) is 24.8 Å². The van der Waals surface area contributed by atoms with Crippen LogP contribution in [0.15, 0.2) is 40.5 Å². The van der Waals surface area contributed by atoms with Crippen LogP contribution in [0.5, 0.6) is 0 Å². The van der Waals surface area contributed by atoms with E-state index in [-0.39, 0.29) is 30.2 Å². The van der Waals surface area contributed by atoms with Gasteiger partial charge in [0, 0.05) is 30.8 Å². The average Bonchev–Trinajstić information content (AvgIpc) is 2.98. The van der Waals surface area contributed by atoms with Gasteiger partial charge in [-0.1, -0.05) is 32.4 Å². The number of amides is 2. The summed E-state index contributed by atoms with van der Waals surface area (Å²) in [7, 11) is 0. The zero-order valence-corrected chi connectivity index (χ0v) is 24.4. The topological polar surface area (TPSA) is 130 Å². The smallest absolute Gasteiger partial charge is 0.410 e. The number of nitrogens with two attached hydrogens (primary N) is 1. The SMILES string of the molecule is CC.CC(C)(C)OC(=O)N1CCC(=Nc2ccc(C3CCC3)cc2)C2=C(N)C(OC3CC(C#N)C3)C(=O)NCC21. The molecule has 1 aromatic rings. The Labute approximate surface area is 237 Å². The van der Waals surface area contributed by atoms with Crippen molar-refractivity contribution in [3.8, 4) is 6.07 Å². The predicted molar refractivity (Wildman–Crippen MR) is 154 cm³/mol. The van der Waals surface area contributed by atoms with Crippen LogP contribution < -0.4 is 11.1 Å². The molecule has 3 N–H and O–H groups in total. The number of hydrogen-bond acceptors (Lipinski definition) is 7. The number of piperidine rings is 1. The molecule has 3 fully saturated rings. The van der Waals surface area contributed by atoms with Gasteiger partial charge in [-0.2, -0.15) is 5.26 Å². The molecular weight excluding hydrogens is 506 g/mol. The van der Waals surface area contributed by atoms with Crippen LogP contribution in [0.4, 0.5) is 10.5 Å². The lowest BCUT2D eigenvalue weighted by molar-refractivity contribution is -0.138. The van der Waals surface area contributed by atoms with Crippen LogP contribution in [0.2, 0.25) is 0 Å². The summed E-state index contributed by atoms with van der Waals surface area (Å²) in [6, 6.07) is 10.0. The lowest BCUT2D eigenvalue weighted by atomic mass is 9.80. The highest BCUT2D eigenvalue weighted by Gasteiger charge is 2.44. The number of rotatable bonds is 4. The molecular formula is C31H43N5O4. The Morgan fingerprint density at radius 3 is 2.42 bits per heavy atom. The van der Waals surface area contributed by atoms with Gasteiger partial charge in [-0.15, -0.1) is 0 Å². The summed E-state index contributed by atoms with van der Waals surface area (Å²) in [5, 5.41) is 12.0. The molecule has 4 aliphatic rings. The number of likely N-dealkylation sites (tertiary alicyclic amines) is 1. The third kappa shape index (κ3) is 6.49. The standard InChI is InChI=1S/C29H37N5O4.C2H6/c1-29(2,3)38-28(36)34-12-11-22(33-20-9-7-19(8-10-20)18-5-4-6-18)24-23(34)16-32-27(35)26(25(24)31)37-21-13-17(14-21)15-30;1-2/h7-10,17-18,21,23,26H,4-6,11-14,16,31H2,1-3H3,(H,32,35);1-2H3. The second-order valence-electron chi connectivity index (χ2n) is 11.8. The molecule has 2 amide bonds. The summed E-state index contributed by atoms with van der Waals surface area (Å²) in [4.78, 5) is 32.9. The van der Waals surface area contributed by atoms with Gasteiger partial charge in [0.05, 0.1) is 35.5 Å². The van der Waals surface area contributed by atoms with Crippen LogP contribution in [0.25, 0.3) is 0 Å². The monoisotopic (exact) mass is 549 g/mol. The van der Waals surface area contributed by atoms with Crippen LogP contribution in [0, 0.1) is 17.2 Å². The second kappa shape index (κ2) is 12.4. The van der Waals surface area contributed by atoms with Crippen molar-refractivity contribution in [2.45, 2.75) is 103 Å². The number of benzene rings is 1. The van der Waals surface area contributed by atoms with Crippen molar-refractivity contribution in [3.63, 3.8) is 0 Å². The van der Waals surface area contributed by atoms with E-state index in [0.29, 0.717) is 37.3 Å². The number of carbonyl (C=O) groups excluding carboxylic acids is 2. The molecule has 2 unspecified atom stereocenters. The first-order valence-corrected chi connectivity index (χ1v) is 14.6. The Bertz CT molecular complexity index is 1180. The Morgan fingerprint density at radius 2 is 1.85 bits per heavy atom. The van der Waals surface area contributed by atoms with E-state index in [1.807, 2.05) is 46.8 Å². The van der Waals surface area contributed by atoms with Crippen molar-refractivity contribution < 1.29 is 19.1 Å². The third-order valence-corrected chi connectivity index (χ3v) is 7.88. The summed E-state index contributed by atoms with van der Waals surface area (Å²) in [6.07, 6.45) is 3.69. The normalized spacial score (nSPS) is 27.6. The molecule has 9 heteroatoms. The van der Waals surface area contributed by atoms with E-state index in [0.717, 1.165) is 11.4 Å². The third-order valence-electron chi connectivity index (χ3n) is 7.88. The first-order valence-electron chi connectivity index (χ1n) is 14.6. The molecule has 2 aliphatic carbocycles. The molecule has 2 aliphatic heterocycles. The van der Waals surface area contributed by atoms with E-state index < -0.39 is 23.8 Å². The molecule has 0 radical (unpaired) electrons. The molecule has 2 atom stereocenters. The number of nitriles is 1. The van der Waals surface area contributed by atoms with Crippen LogP contribution in [0.3, 0.4) is 0 Å². The quantitative estimate of drug-likeness (QED) is 0.538. The maximum absolute atomic E-state index is 13.2. The van der Waals surface area contributed by atoms with Gasteiger partial charge in [0.2, 0.25) is 0 Å². The highest BCUT2D eigenvalue weighted by molar-refractivity contribution is 6.06. The molecule has 216 valence electrons. The van der Waals surface area contributed by atoms with Gasteiger partial charge in [-0.25, -0.2) is 4.79 Å². The maximum Gasteiger partial charge on any atom is 0.410 e. The molecule has 0 spiro atoms. The molecule has 5 rings (SSSR count). The zero-order chi connectivity index (χ0) is 29.0. The zero-order valence-electron chi connectivity index (χ0n) is 24.4. The van der Waals surface area contributed by atoms with Crippen molar-refractivity contribution in [2.24, 2.45) is 16.6 Å². The molecule has 2 saturated carbocycles. The first kappa shape index (κ1) is 29.6. The molecule has 1 aromatic carbocycles. The first-order chi connectivity index (χ1) is 19.1. The van der Waals surface area contributed by atoms with E-state index in [1.54, 1.807) is 4.90 Å². The number of nitrogens with one attached hydrogen (secondary N) is 1. The van der Waals surface area contributed by atoms with E-state index >= 15 is 0 Å². The summed E-state index contributed by atoms with van der Waals surface area (Å²) in [5.74, 6) is 0.228. The van der Waals surface area contributed by atoms with Gasteiger partial charge in [0.25, 0.3) is 5.91 Å². The van der Waals surface area contributed by atoms with E-state index in [9.17, 15) is 9.59 Å². The van der Waals surface area contributed by atoms with E-state index in [4.69, 9.17) is 25.5 Å². The summed E-state index contributed by atoms with van der Waals surface area (Å²) >= 11 is 0. The molecule has 1 saturated heterocycles. The summed E-state index contributed by atoms with van der Waals surface area (Å²) < 4.78 is 11.8. The molecule has 0 bridgehead atoms. The number of carbonyl (C=O) groups is 2. The maximum atomic E-state index is 13.2. The van der Waals surface area contributed by atoms with Crippen molar-refractivity contribution in [3.05, 3.63) is 41.1 Å². The Hall–Kier alpha value is -3.38. The minimum Gasteiger partial charge on any atom is -0.444 e. The van der Waals surface area contributed by atoms with Crippen LogP contribution in [-0.2, 0) is 14.3 Å². The largest absolute Gasteiger partial charge is 0.444 e. The van der Waals surface area contributed by atoms with Crippen molar-refractivity contribution in [1.82, 2.24) is 10.2 Å². The van der Waals surface area contributed by atoms with Crippen molar-refractivity contribution in [1.29, 1.82) is 5.26 Å². The van der Waals surface area contributed by atoms with Crippen LogP contribution in [-0.4, -0.2) is 59.6 Å². The molecule has 0 aromatic heterocycles. The van der Waals surface area contributed by atoms with Gasteiger partial charge in [-0.3, -0.25) is 14.7 Å². The van der Waals surface area contributed by atoms with Gasteiger partial charge < -0.3 is 20.5 Å².